The molecule has 0 aliphatic carbocycles. The van der Waals surface area contributed by atoms with Gasteiger partial charge in [0.25, 0.3) is 5.91 Å². The van der Waals surface area contributed by atoms with E-state index in [-0.39, 0.29) is 11.9 Å². The van der Waals surface area contributed by atoms with Crippen LogP contribution in [0.15, 0.2) is 41.2 Å². The van der Waals surface area contributed by atoms with Gasteiger partial charge in [-0.25, -0.2) is 9.18 Å². The van der Waals surface area contributed by atoms with Crippen LogP contribution in [0.2, 0.25) is 0 Å². The number of carbonyl (C=O) groups is 1. The summed E-state index contributed by atoms with van der Waals surface area (Å²) in [5, 5.41) is 6.55. The van der Waals surface area contributed by atoms with Crippen LogP contribution in [0.4, 0.5) is 23.2 Å². The number of anilines is 1. The number of carbonyl (C=O) groups excluding carboxylic acids is 1. The molecule has 7 nitrogen and oxygen atoms in total. The average Bonchev–Trinajstić information content (AvgIpc) is 3.02. The standard InChI is InChI=1S/C23H24F4N4O3/c1-12(2)30-15(5)29-31(22(30)33)19-11-20(34-14(4)23(25,26)27)17(10-18(19)24)21(32)28-16-8-6-7-13(3)9-16/h6-12,14H,1-5H3,(H,28,32)/t14-/m0/s1. The van der Waals surface area contributed by atoms with Gasteiger partial charge in [0.2, 0.25) is 0 Å². The number of amides is 1. The molecule has 3 rings (SSSR count). The van der Waals surface area contributed by atoms with E-state index in [1.807, 2.05) is 0 Å². The van der Waals surface area contributed by atoms with Crippen LogP contribution < -0.4 is 15.7 Å². The van der Waals surface area contributed by atoms with Crippen molar-refractivity contribution in [1.29, 1.82) is 0 Å². The van der Waals surface area contributed by atoms with E-state index in [9.17, 15) is 22.8 Å². The maximum Gasteiger partial charge on any atom is 0.425 e. The number of rotatable bonds is 6. The van der Waals surface area contributed by atoms with E-state index in [4.69, 9.17) is 4.74 Å². The Kier molecular flexibility index (Phi) is 6.85. The molecule has 1 atom stereocenters. The molecule has 0 radical (unpaired) electrons. The monoisotopic (exact) mass is 480 g/mol. The first-order valence-corrected chi connectivity index (χ1v) is 10.4. The second-order valence-electron chi connectivity index (χ2n) is 8.13. The number of aromatic nitrogens is 3. The molecule has 0 aliphatic heterocycles. The summed E-state index contributed by atoms with van der Waals surface area (Å²) in [6.45, 7) is 7.56. The minimum absolute atomic E-state index is 0.284. The highest BCUT2D eigenvalue weighted by molar-refractivity contribution is 6.06. The van der Waals surface area contributed by atoms with E-state index in [0.29, 0.717) is 5.69 Å². The van der Waals surface area contributed by atoms with Gasteiger partial charge in [-0.05, 0) is 58.4 Å². The van der Waals surface area contributed by atoms with Crippen LogP contribution in [0.5, 0.6) is 5.75 Å². The molecule has 1 amide bonds. The number of nitrogens with one attached hydrogen (secondary N) is 1. The van der Waals surface area contributed by atoms with E-state index < -0.39 is 46.7 Å². The molecule has 34 heavy (non-hydrogen) atoms. The predicted molar refractivity (Wildman–Crippen MR) is 118 cm³/mol. The van der Waals surface area contributed by atoms with Gasteiger partial charge in [0.05, 0.1) is 5.56 Å². The third-order valence-electron chi connectivity index (χ3n) is 5.06. The lowest BCUT2D eigenvalue weighted by Gasteiger charge is -2.20. The van der Waals surface area contributed by atoms with E-state index in [1.54, 1.807) is 52.0 Å². The van der Waals surface area contributed by atoms with Crippen molar-refractivity contribution in [3.8, 4) is 11.4 Å². The van der Waals surface area contributed by atoms with Crippen molar-refractivity contribution in [2.45, 2.75) is 52.9 Å². The van der Waals surface area contributed by atoms with Crippen LogP contribution >= 0.6 is 0 Å². The number of aryl methyl sites for hydroxylation is 2. The smallest absolute Gasteiger partial charge is 0.425 e. The highest BCUT2D eigenvalue weighted by atomic mass is 19.4. The summed E-state index contributed by atoms with van der Waals surface area (Å²) < 4.78 is 61.8. The molecular formula is C23H24F4N4O3. The van der Waals surface area contributed by atoms with Crippen LogP contribution in [0.3, 0.4) is 0 Å². The molecule has 1 aromatic heterocycles. The zero-order valence-corrected chi connectivity index (χ0v) is 19.2. The lowest BCUT2D eigenvalue weighted by atomic mass is 10.1. The Hall–Kier alpha value is -3.63. The minimum Gasteiger partial charge on any atom is -0.480 e. The Morgan fingerprint density at radius 3 is 2.35 bits per heavy atom. The van der Waals surface area contributed by atoms with Gasteiger partial charge in [-0.2, -0.15) is 23.0 Å². The van der Waals surface area contributed by atoms with Gasteiger partial charge in [-0.15, -0.1) is 0 Å². The third kappa shape index (κ3) is 5.13. The Balaban J connectivity index is 2.13. The van der Waals surface area contributed by atoms with Crippen LogP contribution in [0.25, 0.3) is 5.69 Å². The van der Waals surface area contributed by atoms with Crippen molar-refractivity contribution >= 4 is 11.6 Å². The Morgan fingerprint density at radius 2 is 1.79 bits per heavy atom. The zero-order valence-electron chi connectivity index (χ0n) is 19.2. The predicted octanol–water partition coefficient (Wildman–Crippen LogP) is 4.95. The molecule has 11 heteroatoms. The number of hydrogen-bond donors (Lipinski definition) is 1. The van der Waals surface area contributed by atoms with E-state index in [0.717, 1.165) is 29.3 Å². The molecule has 0 saturated heterocycles. The number of ether oxygens (including phenoxy) is 1. The summed E-state index contributed by atoms with van der Waals surface area (Å²) in [5.41, 5.74) is -0.391. The Labute approximate surface area is 193 Å². The minimum atomic E-state index is -4.74. The molecule has 0 spiro atoms. The van der Waals surface area contributed by atoms with Crippen LogP contribution in [0, 0.1) is 19.7 Å². The summed E-state index contributed by atoms with van der Waals surface area (Å²) >= 11 is 0. The first kappa shape index (κ1) is 25.0. The summed E-state index contributed by atoms with van der Waals surface area (Å²) in [6, 6.07) is 8.01. The molecule has 182 valence electrons. The first-order valence-electron chi connectivity index (χ1n) is 10.4. The van der Waals surface area contributed by atoms with Gasteiger partial charge in [-0.3, -0.25) is 9.36 Å². The topological polar surface area (TPSA) is 78.2 Å². The van der Waals surface area contributed by atoms with E-state index in [1.165, 1.54) is 4.57 Å². The fraction of sp³-hybridized carbons (Fsp3) is 0.348. The SMILES string of the molecule is Cc1cccc(NC(=O)c2cc(F)c(-n3nc(C)n(C(C)C)c3=O)cc2O[C@@H](C)C(F)(F)F)c1. The largest absolute Gasteiger partial charge is 0.480 e. The molecule has 0 saturated carbocycles. The molecule has 3 aromatic rings. The van der Waals surface area contributed by atoms with Crippen molar-refractivity contribution < 1.29 is 27.1 Å². The molecule has 0 bridgehead atoms. The fourth-order valence-electron chi connectivity index (χ4n) is 3.39. The van der Waals surface area contributed by atoms with Crippen molar-refractivity contribution in [2.75, 3.05) is 5.32 Å². The van der Waals surface area contributed by atoms with Gasteiger partial charge in [0.15, 0.2) is 6.10 Å². The summed E-state index contributed by atoms with van der Waals surface area (Å²) in [6.07, 6.45) is -7.05. The number of alkyl halides is 3. The second kappa shape index (κ2) is 9.32. The van der Waals surface area contributed by atoms with Gasteiger partial charge < -0.3 is 10.1 Å². The molecule has 1 N–H and O–H groups in total. The maximum absolute atomic E-state index is 15.1. The third-order valence-corrected chi connectivity index (χ3v) is 5.06. The van der Waals surface area contributed by atoms with Gasteiger partial charge >= 0.3 is 11.9 Å². The second-order valence-corrected chi connectivity index (χ2v) is 8.13. The van der Waals surface area contributed by atoms with Crippen molar-refractivity contribution in [2.24, 2.45) is 0 Å². The number of halogens is 4. The number of benzene rings is 2. The van der Waals surface area contributed by atoms with Crippen molar-refractivity contribution in [3.05, 3.63) is 69.7 Å². The maximum atomic E-state index is 15.1. The van der Waals surface area contributed by atoms with E-state index >= 15 is 4.39 Å². The average molecular weight is 480 g/mol. The molecule has 0 aliphatic rings. The highest BCUT2D eigenvalue weighted by Gasteiger charge is 2.39. The van der Waals surface area contributed by atoms with Gasteiger partial charge in [-0.1, -0.05) is 12.1 Å². The normalized spacial score (nSPS) is 12.6. The molecule has 1 heterocycles. The highest BCUT2D eigenvalue weighted by Crippen LogP contribution is 2.31. The molecule has 0 fully saturated rings. The zero-order chi connectivity index (χ0) is 25.4. The molecule has 0 unspecified atom stereocenters. The van der Waals surface area contributed by atoms with E-state index in [2.05, 4.69) is 10.4 Å². The van der Waals surface area contributed by atoms with Gasteiger partial charge in [0.1, 0.15) is 23.1 Å². The Morgan fingerprint density at radius 1 is 1.12 bits per heavy atom. The molecule has 2 aromatic carbocycles. The quantitative estimate of drug-likeness (QED) is 0.507. The fourth-order valence-corrected chi connectivity index (χ4v) is 3.39. The van der Waals surface area contributed by atoms with Crippen LogP contribution in [-0.2, 0) is 0 Å². The summed E-state index contributed by atoms with van der Waals surface area (Å²) in [7, 11) is 0. The lowest BCUT2D eigenvalue weighted by molar-refractivity contribution is -0.189. The van der Waals surface area contributed by atoms with Crippen LogP contribution in [0.1, 0.15) is 48.6 Å². The lowest BCUT2D eigenvalue weighted by Crippen LogP contribution is -2.32. The van der Waals surface area contributed by atoms with Crippen molar-refractivity contribution in [1.82, 2.24) is 14.3 Å². The Bertz CT molecular complexity index is 1280. The van der Waals surface area contributed by atoms with Crippen LogP contribution in [-0.4, -0.2) is 32.5 Å². The van der Waals surface area contributed by atoms with Gasteiger partial charge in [0, 0.05) is 17.8 Å². The number of hydrogen-bond acceptors (Lipinski definition) is 4. The van der Waals surface area contributed by atoms with Crippen molar-refractivity contribution in [3.63, 3.8) is 0 Å². The summed E-state index contributed by atoms with van der Waals surface area (Å²) in [5.74, 6) is -2.17. The summed E-state index contributed by atoms with van der Waals surface area (Å²) in [4.78, 5) is 25.6. The first-order chi connectivity index (χ1) is 15.8. The number of nitrogens with zero attached hydrogens (tertiary/aromatic N) is 3. The molecular weight excluding hydrogens is 456 g/mol.